The maximum Gasteiger partial charge on any atom is 0.0587 e. The molecule has 17 heavy (non-hydrogen) atoms. The monoisotopic (exact) mass is 253 g/mol. The zero-order valence-electron chi connectivity index (χ0n) is 11.2. The van der Waals surface area contributed by atoms with E-state index in [2.05, 4.69) is 43.6 Å². The van der Waals surface area contributed by atoms with Crippen LogP contribution in [0.5, 0.6) is 0 Å². The number of thiophene rings is 1. The van der Waals surface area contributed by atoms with Crippen molar-refractivity contribution in [2.24, 2.45) is 5.92 Å². The fraction of sp³-hybridized carbons (Fsp3) is 0.571. The van der Waals surface area contributed by atoms with Crippen molar-refractivity contribution in [3.8, 4) is 0 Å². The minimum Gasteiger partial charge on any atom is -0.383 e. The fourth-order valence-electron chi connectivity index (χ4n) is 1.53. The Hall–Kier alpha value is -0.640. The summed E-state index contributed by atoms with van der Waals surface area (Å²) in [7, 11) is 1.73. The zero-order chi connectivity index (χ0) is 12.7. The number of nitrogens with one attached hydrogen (secondary N) is 1. The van der Waals surface area contributed by atoms with E-state index in [-0.39, 0.29) is 0 Å². The lowest BCUT2D eigenvalue weighted by Gasteiger charge is -2.12. The average molecular weight is 253 g/mol. The first kappa shape index (κ1) is 14.4. The highest BCUT2D eigenvalue weighted by Gasteiger charge is 2.05. The van der Waals surface area contributed by atoms with E-state index in [0.29, 0.717) is 5.92 Å². The van der Waals surface area contributed by atoms with Gasteiger partial charge in [0.1, 0.15) is 0 Å². The average Bonchev–Trinajstić information content (AvgIpc) is 2.68. The van der Waals surface area contributed by atoms with Crippen LogP contribution >= 0.6 is 11.3 Å². The van der Waals surface area contributed by atoms with Crippen LogP contribution < -0.4 is 5.32 Å². The van der Waals surface area contributed by atoms with Crippen molar-refractivity contribution in [3.05, 3.63) is 27.5 Å². The van der Waals surface area contributed by atoms with Crippen molar-refractivity contribution in [2.75, 3.05) is 26.8 Å². The molecule has 0 spiro atoms. The Labute approximate surface area is 109 Å². The third kappa shape index (κ3) is 5.02. The molecule has 0 radical (unpaired) electrons. The van der Waals surface area contributed by atoms with E-state index in [1.807, 2.05) is 11.3 Å². The van der Waals surface area contributed by atoms with Crippen LogP contribution in [0.25, 0.3) is 6.08 Å². The van der Waals surface area contributed by atoms with E-state index < -0.39 is 0 Å². The van der Waals surface area contributed by atoms with E-state index in [1.54, 1.807) is 7.11 Å². The Bertz CT molecular complexity index is 355. The Kier molecular flexibility index (Phi) is 6.48. The van der Waals surface area contributed by atoms with E-state index in [1.165, 1.54) is 16.0 Å². The normalized spacial score (nSPS) is 12.4. The number of ether oxygens (including phenoxy) is 1. The maximum atomic E-state index is 5.03. The molecule has 0 bridgehead atoms. The molecule has 0 aliphatic carbocycles. The van der Waals surface area contributed by atoms with Gasteiger partial charge < -0.3 is 10.1 Å². The second kappa shape index (κ2) is 7.64. The molecule has 0 amide bonds. The van der Waals surface area contributed by atoms with Gasteiger partial charge in [-0.05, 0) is 35.9 Å². The number of aryl methyl sites for hydroxylation is 1. The van der Waals surface area contributed by atoms with Gasteiger partial charge in [0.05, 0.1) is 6.61 Å². The second-order valence-electron chi connectivity index (χ2n) is 4.51. The van der Waals surface area contributed by atoms with Gasteiger partial charge in [-0.15, -0.1) is 11.3 Å². The molecule has 0 unspecified atom stereocenters. The highest BCUT2D eigenvalue weighted by Crippen LogP contribution is 2.21. The molecular weight excluding hydrogens is 230 g/mol. The van der Waals surface area contributed by atoms with Gasteiger partial charge in [0.15, 0.2) is 0 Å². The zero-order valence-corrected chi connectivity index (χ0v) is 12.1. The molecule has 0 fully saturated rings. The first-order chi connectivity index (χ1) is 8.15. The highest BCUT2D eigenvalue weighted by molar-refractivity contribution is 7.11. The van der Waals surface area contributed by atoms with Crippen molar-refractivity contribution in [2.45, 2.75) is 20.8 Å². The van der Waals surface area contributed by atoms with Crippen LogP contribution in [0, 0.1) is 12.8 Å². The van der Waals surface area contributed by atoms with E-state index in [4.69, 9.17) is 4.74 Å². The summed E-state index contributed by atoms with van der Waals surface area (Å²) in [6.07, 6.45) is 2.32. The number of methoxy groups -OCH3 is 1. The smallest absolute Gasteiger partial charge is 0.0587 e. The third-order valence-electron chi connectivity index (χ3n) is 2.77. The van der Waals surface area contributed by atoms with Gasteiger partial charge in [-0.3, -0.25) is 0 Å². The fourth-order valence-corrected chi connectivity index (χ4v) is 2.42. The topological polar surface area (TPSA) is 21.3 Å². The minimum absolute atomic E-state index is 0.576. The summed E-state index contributed by atoms with van der Waals surface area (Å²) in [5, 5.41) is 5.56. The second-order valence-corrected chi connectivity index (χ2v) is 5.46. The van der Waals surface area contributed by atoms with Crippen LogP contribution in [0.15, 0.2) is 17.0 Å². The lowest BCUT2D eigenvalue weighted by Crippen LogP contribution is -2.23. The van der Waals surface area contributed by atoms with E-state index >= 15 is 0 Å². The molecule has 2 nitrogen and oxygen atoms in total. The lowest BCUT2D eigenvalue weighted by molar-refractivity contribution is 0.200. The molecule has 1 aromatic rings. The van der Waals surface area contributed by atoms with Crippen LogP contribution in [0.1, 0.15) is 24.3 Å². The Morgan fingerprint density at radius 3 is 2.82 bits per heavy atom. The summed E-state index contributed by atoms with van der Waals surface area (Å²) >= 11 is 1.81. The van der Waals surface area contributed by atoms with Crippen LogP contribution in [0.2, 0.25) is 0 Å². The molecule has 3 heteroatoms. The van der Waals surface area contributed by atoms with Gasteiger partial charge in [-0.2, -0.15) is 0 Å². The number of rotatable bonds is 7. The maximum absolute atomic E-state index is 5.03. The SMILES string of the molecule is COCCNCC(=Cc1sccc1C)C(C)C. The van der Waals surface area contributed by atoms with Gasteiger partial charge in [0.25, 0.3) is 0 Å². The molecular formula is C14H23NOS. The predicted molar refractivity (Wildman–Crippen MR) is 76.6 cm³/mol. The summed E-state index contributed by atoms with van der Waals surface area (Å²) in [6.45, 7) is 9.27. The summed E-state index contributed by atoms with van der Waals surface area (Å²) < 4.78 is 5.03. The molecule has 0 aliphatic rings. The molecule has 1 N–H and O–H groups in total. The van der Waals surface area contributed by atoms with E-state index in [0.717, 1.165) is 19.7 Å². The van der Waals surface area contributed by atoms with Gasteiger partial charge >= 0.3 is 0 Å². The molecule has 1 rings (SSSR count). The number of hydrogen-bond acceptors (Lipinski definition) is 3. The van der Waals surface area contributed by atoms with Gasteiger partial charge in [0, 0.05) is 25.1 Å². The standard InChI is InChI=1S/C14H23NOS/c1-11(2)13(10-15-6-7-16-4)9-14-12(3)5-8-17-14/h5,8-9,11,15H,6-7,10H2,1-4H3. The summed E-state index contributed by atoms with van der Waals surface area (Å²) in [4.78, 5) is 1.38. The lowest BCUT2D eigenvalue weighted by atomic mass is 10.0. The molecule has 96 valence electrons. The minimum atomic E-state index is 0.576. The van der Waals surface area contributed by atoms with Crippen molar-refractivity contribution >= 4 is 17.4 Å². The quantitative estimate of drug-likeness (QED) is 0.753. The summed E-state index contributed by atoms with van der Waals surface area (Å²) in [5.74, 6) is 0.576. The molecule has 1 aromatic heterocycles. The summed E-state index contributed by atoms with van der Waals surface area (Å²) in [5.41, 5.74) is 2.82. The molecule has 0 saturated carbocycles. The highest BCUT2D eigenvalue weighted by atomic mass is 32.1. The molecule has 0 aliphatic heterocycles. The van der Waals surface area contributed by atoms with E-state index in [9.17, 15) is 0 Å². The summed E-state index contributed by atoms with van der Waals surface area (Å²) in [6, 6.07) is 2.17. The van der Waals surface area contributed by atoms with Gasteiger partial charge in [-0.1, -0.05) is 19.4 Å². The predicted octanol–water partition coefficient (Wildman–Crippen LogP) is 3.33. The van der Waals surface area contributed by atoms with Crippen LogP contribution in [0.3, 0.4) is 0 Å². The van der Waals surface area contributed by atoms with Gasteiger partial charge in [-0.25, -0.2) is 0 Å². The van der Waals surface area contributed by atoms with Crippen molar-refractivity contribution < 1.29 is 4.74 Å². The Morgan fingerprint density at radius 1 is 1.53 bits per heavy atom. The first-order valence-electron chi connectivity index (χ1n) is 6.09. The first-order valence-corrected chi connectivity index (χ1v) is 6.97. The van der Waals surface area contributed by atoms with Crippen molar-refractivity contribution in [3.63, 3.8) is 0 Å². The third-order valence-corrected chi connectivity index (χ3v) is 3.74. The largest absolute Gasteiger partial charge is 0.383 e. The molecule has 1 heterocycles. The van der Waals surface area contributed by atoms with Crippen LogP contribution in [-0.2, 0) is 4.74 Å². The number of hydrogen-bond donors (Lipinski definition) is 1. The van der Waals surface area contributed by atoms with Crippen molar-refractivity contribution in [1.29, 1.82) is 0 Å². The Morgan fingerprint density at radius 2 is 2.29 bits per heavy atom. The Balaban J connectivity index is 2.60. The van der Waals surface area contributed by atoms with Gasteiger partial charge in [0.2, 0.25) is 0 Å². The molecule has 0 aromatic carbocycles. The van der Waals surface area contributed by atoms with Crippen molar-refractivity contribution in [1.82, 2.24) is 5.32 Å². The molecule has 0 saturated heterocycles. The van der Waals surface area contributed by atoms with Crippen LogP contribution in [0.4, 0.5) is 0 Å². The molecule has 0 atom stereocenters. The van der Waals surface area contributed by atoms with Crippen LogP contribution in [-0.4, -0.2) is 26.8 Å².